The molecule has 0 rings (SSSR count). The lowest BCUT2D eigenvalue weighted by Gasteiger charge is -2.22. The van der Waals surface area contributed by atoms with E-state index in [0.29, 0.717) is 13.0 Å². The quantitative estimate of drug-likeness (QED) is 0.275. The van der Waals surface area contributed by atoms with Crippen molar-refractivity contribution in [3.8, 4) is 0 Å². The second-order valence-electron chi connectivity index (χ2n) is 5.52. The number of nitrogens with one attached hydrogen (secondary N) is 2. The normalized spacial score (nSPS) is 10.7. The number of thiol groups is 1. The Balaban J connectivity index is -0.000000408. The number of rotatable bonds is 12. The van der Waals surface area contributed by atoms with Crippen LogP contribution in [-0.4, -0.2) is 68.9 Å². The molecule has 1 amide bonds. The van der Waals surface area contributed by atoms with Gasteiger partial charge in [-0.15, -0.1) is 0 Å². The Kier molecular flexibility index (Phi) is 26.6. The number of likely N-dealkylation sites (N-methyl/N-ethyl adjacent to an activating group) is 2. The van der Waals surface area contributed by atoms with Gasteiger partial charge in [0.15, 0.2) is 0 Å². The average Bonchev–Trinajstić information content (AvgIpc) is 2.59. The van der Waals surface area contributed by atoms with Gasteiger partial charge in [-0.25, -0.2) is 0 Å². The number of hydrogen-bond donors (Lipinski definition) is 3. The van der Waals surface area contributed by atoms with Gasteiger partial charge in [-0.2, -0.15) is 12.6 Å². The number of Topliss-reactive ketones (excluding diaryl/α,β-unsaturated/α-hetero) is 1. The van der Waals surface area contributed by atoms with E-state index in [0.717, 1.165) is 37.8 Å². The summed E-state index contributed by atoms with van der Waals surface area (Å²) in [4.78, 5) is 34.1. The lowest BCUT2D eigenvalue weighted by molar-refractivity contribution is -0.129. The lowest BCUT2D eigenvalue weighted by atomic mass is 10.1. The number of carbonyl (C=O) groups is 3. The van der Waals surface area contributed by atoms with Crippen molar-refractivity contribution in [3.05, 3.63) is 0 Å². The van der Waals surface area contributed by atoms with Crippen LogP contribution in [0.4, 0.5) is 0 Å². The van der Waals surface area contributed by atoms with Gasteiger partial charge in [0, 0.05) is 25.9 Å². The van der Waals surface area contributed by atoms with Crippen LogP contribution in [0.1, 0.15) is 52.9 Å². The number of unbranched alkanes of at least 4 members (excludes halogenated alkanes) is 3. The summed E-state index contributed by atoms with van der Waals surface area (Å²) in [5.74, 6) is 0.877. The minimum atomic E-state index is -0.362. The molecule has 0 fully saturated rings. The zero-order valence-electron chi connectivity index (χ0n) is 16.9. The van der Waals surface area contributed by atoms with Crippen molar-refractivity contribution >= 4 is 30.6 Å². The second kappa shape index (κ2) is 23.1. The molecule has 0 aliphatic heterocycles. The monoisotopic (exact) mass is 377 g/mol. The highest BCUT2D eigenvalue weighted by Crippen LogP contribution is 2.00. The molecule has 0 aromatic heterocycles. The van der Waals surface area contributed by atoms with Crippen LogP contribution in [0.5, 0.6) is 0 Å². The van der Waals surface area contributed by atoms with Gasteiger partial charge in [-0.3, -0.25) is 14.5 Å². The van der Waals surface area contributed by atoms with Gasteiger partial charge in [-0.05, 0) is 46.7 Å². The molecule has 25 heavy (non-hydrogen) atoms. The fourth-order valence-corrected chi connectivity index (χ4v) is 1.95. The van der Waals surface area contributed by atoms with Crippen molar-refractivity contribution in [1.29, 1.82) is 0 Å². The highest BCUT2D eigenvalue weighted by Gasteiger charge is 2.21. The first-order chi connectivity index (χ1) is 11.9. The number of carbonyl (C=O) groups excluding carboxylic acids is 3. The maximum absolute atomic E-state index is 11.7. The minimum Gasteiger partial charge on any atom is -0.353 e. The van der Waals surface area contributed by atoms with Crippen molar-refractivity contribution in [3.63, 3.8) is 0 Å². The van der Waals surface area contributed by atoms with E-state index in [-0.39, 0.29) is 24.2 Å². The molecule has 0 aliphatic rings. The standard InChI is InChI=1S/C10H21N3O2.C6H12OS.C2H6/c1-8(14)7-9(13(3)4)10(15)12-6-5-11-2;7-5-3-1-2-4-6-8;1-2/h9,11H,5-7H2,1-4H3,(H,12,15);5,8H,1-4,6H2;1-2H3. The summed E-state index contributed by atoms with van der Waals surface area (Å²) < 4.78 is 0. The first kappa shape index (κ1) is 28.9. The molecule has 0 spiro atoms. The summed E-state index contributed by atoms with van der Waals surface area (Å²) in [5.41, 5.74) is 0. The molecule has 0 aromatic rings. The van der Waals surface area contributed by atoms with Crippen molar-refractivity contribution in [2.45, 2.75) is 58.9 Å². The number of nitrogens with zero attached hydrogens (tertiary/aromatic N) is 1. The van der Waals surface area contributed by atoms with E-state index in [1.54, 1.807) is 19.0 Å². The van der Waals surface area contributed by atoms with Crippen LogP contribution in [0.25, 0.3) is 0 Å². The topological polar surface area (TPSA) is 78.5 Å². The van der Waals surface area contributed by atoms with Crippen molar-refractivity contribution in [2.75, 3.05) is 40.0 Å². The minimum absolute atomic E-state index is 0.0254. The fourth-order valence-electron chi connectivity index (χ4n) is 1.73. The first-order valence-corrected chi connectivity index (χ1v) is 9.66. The molecule has 150 valence electrons. The smallest absolute Gasteiger partial charge is 0.237 e. The molecule has 0 saturated heterocycles. The summed E-state index contributed by atoms with van der Waals surface area (Å²) in [5, 5.41) is 5.71. The molecular formula is C18H39N3O3S. The fraction of sp³-hybridized carbons (Fsp3) is 0.833. The zero-order chi connectivity index (χ0) is 20.1. The van der Waals surface area contributed by atoms with Gasteiger partial charge in [0.2, 0.25) is 5.91 Å². The predicted molar refractivity (Wildman–Crippen MR) is 109 cm³/mol. The van der Waals surface area contributed by atoms with Crippen molar-refractivity contribution < 1.29 is 14.4 Å². The van der Waals surface area contributed by atoms with E-state index in [1.165, 1.54) is 6.92 Å². The van der Waals surface area contributed by atoms with Crippen LogP contribution in [0.3, 0.4) is 0 Å². The Morgan fingerprint density at radius 1 is 1.12 bits per heavy atom. The summed E-state index contributed by atoms with van der Waals surface area (Å²) >= 11 is 4.03. The maximum atomic E-state index is 11.7. The molecule has 1 atom stereocenters. The van der Waals surface area contributed by atoms with E-state index in [2.05, 4.69) is 23.3 Å². The molecule has 0 bridgehead atoms. The Labute approximate surface area is 159 Å². The van der Waals surface area contributed by atoms with Gasteiger partial charge in [0.05, 0.1) is 6.04 Å². The number of aldehydes is 1. The Bertz CT molecular complexity index is 327. The molecule has 0 aromatic carbocycles. The second-order valence-corrected chi connectivity index (χ2v) is 5.97. The van der Waals surface area contributed by atoms with E-state index < -0.39 is 0 Å². The van der Waals surface area contributed by atoms with Crippen molar-refractivity contribution in [2.24, 2.45) is 0 Å². The largest absolute Gasteiger partial charge is 0.353 e. The highest BCUT2D eigenvalue weighted by atomic mass is 32.1. The predicted octanol–water partition coefficient (Wildman–Crippen LogP) is 1.93. The molecule has 6 nitrogen and oxygen atoms in total. The van der Waals surface area contributed by atoms with Crippen molar-refractivity contribution in [1.82, 2.24) is 15.5 Å². The van der Waals surface area contributed by atoms with E-state index >= 15 is 0 Å². The third-order valence-electron chi connectivity index (χ3n) is 3.06. The van der Waals surface area contributed by atoms with Gasteiger partial charge in [0.25, 0.3) is 0 Å². The number of hydrogen-bond acceptors (Lipinski definition) is 6. The van der Waals surface area contributed by atoms with E-state index in [1.807, 2.05) is 20.9 Å². The number of amides is 1. The average molecular weight is 378 g/mol. The molecular weight excluding hydrogens is 338 g/mol. The zero-order valence-corrected chi connectivity index (χ0v) is 17.8. The Hall–Kier alpha value is -0.920. The van der Waals surface area contributed by atoms with Crippen LogP contribution in [-0.2, 0) is 14.4 Å². The van der Waals surface area contributed by atoms with Gasteiger partial charge in [0.1, 0.15) is 12.1 Å². The molecule has 0 saturated carbocycles. The highest BCUT2D eigenvalue weighted by molar-refractivity contribution is 7.80. The molecule has 7 heteroatoms. The molecule has 1 unspecified atom stereocenters. The maximum Gasteiger partial charge on any atom is 0.237 e. The Morgan fingerprint density at radius 3 is 2.12 bits per heavy atom. The summed E-state index contributed by atoms with van der Waals surface area (Å²) in [6, 6.07) is -0.362. The van der Waals surface area contributed by atoms with Gasteiger partial charge < -0.3 is 15.4 Å². The SMILES string of the molecule is CC.CNCCNC(=O)C(CC(C)=O)N(C)C.O=CCCCCCS. The number of ketones is 1. The molecule has 0 aliphatic carbocycles. The Morgan fingerprint density at radius 2 is 1.72 bits per heavy atom. The third kappa shape index (κ3) is 23.1. The van der Waals surface area contributed by atoms with Crippen LogP contribution >= 0.6 is 12.6 Å². The third-order valence-corrected chi connectivity index (χ3v) is 3.38. The van der Waals surface area contributed by atoms with Crippen LogP contribution < -0.4 is 10.6 Å². The summed E-state index contributed by atoms with van der Waals surface area (Å²) in [7, 11) is 5.42. The van der Waals surface area contributed by atoms with E-state index in [4.69, 9.17) is 0 Å². The summed E-state index contributed by atoms with van der Waals surface area (Å²) in [6.07, 6.45) is 5.26. The molecule has 0 heterocycles. The van der Waals surface area contributed by atoms with Gasteiger partial charge >= 0.3 is 0 Å². The van der Waals surface area contributed by atoms with Crippen LogP contribution in [0.15, 0.2) is 0 Å². The first-order valence-electron chi connectivity index (χ1n) is 9.03. The molecule has 2 N–H and O–H groups in total. The van der Waals surface area contributed by atoms with E-state index in [9.17, 15) is 14.4 Å². The summed E-state index contributed by atoms with van der Waals surface area (Å²) in [6.45, 7) is 6.81. The molecule has 0 radical (unpaired) electrons. The lowest BCUT2D eigenvalue weighted by Crippen LogP contribution is -2.45. The van der Waals surface area contributed by atoms with Gasteiger partial charge in [-0.1, -0.05) is 20.3 Å². The van der Waals surface area contributed by atoms with Crippen LogP contribution in [0, 0.1) is 0 Å². The van der Waals surface area contributed by atoms with Crippen LogP contribution in [0.2, 0.25) is 0 Å².